The molecule has 0 radical (unpaired) electrons. The molecule has 3 nitrogen and oxygen atoms in total. The molecule has 0 aliphatic carbocycles. The van der Waals surface area contributed by atoms with E-state index in [4.69, 9.17) is 16.3 Å². The third-order valence-electron chi connectivity index (χ3n) is 3.48. The molecule has 0 amide bonds. The van der Waals surface area contributed by atoms with Crippen molar-refractivity contribution in [1.29, 1.82) is 0 Å². The zero-order valence-corrected chi connectivity index (χ0v) is 14.1. The highest BCUT2D eigenvalue weighted by molar-refractivity contribution is 6.31. The average Bonchev–Trinajstić information content (AvgIpc) is 2.64. The Morgan fingerprint density at radius 1 is 0.960 bits per heavy atom. The van der Waals surface area contributed by atoms with Crippen LogP contribution in [0.3, 0.4) is 0 Å². The van der Waals surface area contributed by atoms with Crippen LogP contribution in [0, 0.1) is 5.82 Å². The molecular weight excluding hydrogens is 339 g/mol. The predicted octanol–water partition coefficient (Wildman–Crippen LogP) is 5.50. The molecule has 1 N–H and O–H groups in total. The first-order chi connectivity index (χ1) is 12.2. The molecule has 0 fully saturated rings. The monoisotopic (exact) mass is 354 g/mol. The van der Waals surface area contributed by atoms with Gasteiger partial charge < -0.3 is 4.74 Å². The lowest BCUT2D eigenvalue weighted by molar-refractivity contribution is 0.306. The van der Waals surface area contributed by atoms with Crippen molar-refractivity contribution >= 4 is 23.5 Å². The molecule has 0 unspecified atom stereocenters. The molecule has 0 aliphatic rings. The van der Waals surface area contributed by atoms with Gasteiger partial charge in [-0.3, -0.25) is 5.43 Å². The standard InChI is InChI=1S/C20H16ClFN2O/c21-20-4-2-1-3-16(20)14-25-19-11-5-15(6-12-19)13-23-24-18-9-7-17(22)8-10-18/h1-13,24H,14H2. The number of nitrogens with zero attached hydrogens (tertiary/aromatic N) is 1. The lowest BCUT2D eigenvalue weighted by atomic mass is 10.2. The number of nitrogens with one attached hydrogen (secondary N) is 1. The van der Waals surface area contributed by atoms with Crippen molar-refractivity contribution in [3.05, 3.63) is 94.8 Å². The first-order valence-electron chi connectivity index (χ1n) is 7.71. The highest BCUT2D eigenvalue weighted by Gasteiger charge is 2.00. The number of benzene rings is 3. The maximum Gasteiger partial charge on any atom is 0.123 e. The molecule has 0 aliphatic heterocycles. The first-order valence-corrected chi connectivity index (χ1v) is 8.09. The summed E-state index contributed by atoms with van der Waals surface area (Å²) < 4.78 is 18.6. The Balaban J connectivity index is 1.54. The minimum atomic E-state index is -0.276. The summed E-state index contributed by atoms with van der Waals surface area (Å²) in [5, 5.41) is 4.81. The third-order valence-corrected chi connectivity index (χ3v) is 3.85. The lowest BCUT2D eigenvalue weighted by Gasteiger charge is -2.07. The second kappa shape index (κ2) is 8.31. The van der Waals surface area contributed by atoms with E-state index in [0.717, 1.165) is 22.6 Å². The normalized spacial score (nSPS) is 10.8. The fourth-order valence-electron chi connectivity index (χ4n) is 2.13. The van der Waals surface area contributed by atoms with Gasteiger partial charge in [-0.1, -0.05) is 29.8 Å². The highest BCUT2D eigenvalue weighted by atomic mass is 35.5. The average molecular weight is 355 g/mol. The topological polar surface area (TPSA) is 33.6 Å². The van der Waals surface area contributed by atoms with Gasteiger partial charge in [-0.15, -0.1) is 0 Å². The molecule has 5 heteroatoms. The Morgan fingerprint density at radius 3 is 2.40 bits per heavy atom. The number of ether oxygens (including phenoxy) is 1. The van der Waals surface area contributed by atoms with Crippen molar-refractivity contribution in [2.24, 2.45) is 5.10 Å². The summed E-state index contributed by atoms with van der Waals surface area (Å²) in [6.45, 7) is 0.416. The van der Waals surface area contributed by atoms with Crippen LogP contribution in [-0.2, 0) is 6.61 Å². The van der Waals surface area contributed by atoms with E-state index in [0.29, 0.717) is 11.6 Å². The predicted molar refractivity (Wildman–Crippen MR) is 99.8 cm³/mol. The van der Waals surface area contributed by atoms with Crippen molar-refractivity contribution in [3.8, 4) is 5.75 Å². The number of rotatable bonds is 6. The molecule has 0 heterocycles. The van der Waals surface area contributed by atoms with Gasteiger partial charge in [0.1, 0.15) is 18.2 Å². The lowest BCUT2D eigenvalue weighted by Crippen LogP contribution is -1.96. The quantitative estimate of drug-likeness (QED) is 0.468. The minimum absolute atomic E-state index is 0.276. The maximum absolute atomic E-state index is 12.8. The Labute approximate surface area is 150 Å². The van der Waals surface area contributed by atoms with E-state index in [-0.39, 0.29) is 5.82 Å². The van der Waals surface area contributed by atoms with E-state index >= 15 is 0 Å². The molecule has 0 spiro atoms. The third kappa shape index (κ3) is 5.06. The van der Waals surface area contributed by atoms with Gasteiger partial charge in [0.05, 0.1) is 11.9 Å². The van der Waals surface area contributed by atoms with Crippen molar-refractivity contribution in [1.82, 2.24) is 0 Å². The summed E-state index contributed by atoms with van der Waals surface area (Å²) >= 11 is 6.11. The minimum Gasteiger partial charge on any atom is -0.489 e. The Hall–Kier alpha value is -2.85. The van der Waals surface area contributed by atoms with Crippen molar-refractivity contribution in [3.63, 3.8) is 0 Å². The van der Waals surface area contributed by atoms with Crippen LogP contribution in [0.5, 0.6) is 5.75 Å². The van der Waals surface area contributed by atoms with Crippen molar-refractivity contribution < 1.29 is 9.13 Å². The second-order valence-corrected chi connectivity index (χ2v) is 5.73. The summed E-state index contributed by atoms with van der Waals surface area (Å²) in [6.07, 6.45) is 1.68. The van der Waals surface area contributed by atoms with E-state index < -0.39 is 0 Å². The number of hydrogen-bond donors (Lipinski definition) is 1. The number of hydrogen-bond acceptors (Lipinski definition) is 3. The fourth-order valence-corrected chi connectivity index (χ4v) is 2.32. The highest BCUT2D eigenvalue weighted by Crippen LogP contribution is 2.18. The molecular formula is C20H16ClFN2O. The number of anilines is 1. The molecule has 25 heavy (non-hydrogen) atoms. The van der Waals surface area contributed by atoms with Crippen LogP contribution in [0.4, 0.5) is 10.1 Å². The van der Waals surface area contributed by atoms with Gasteiger partial charge in [0.25, 0.3) is 0 Å². The van der Waals surface area contributed by atoms with Gasteiger partial charge >= 0.3 is 0 Å². The van der Waals surface area contributed by atoms with E-state index in [1.54, 1.807) is 18.3 Å². The van der Waals surface area contributed by atoms with E-state index in [9.17, 15) is 4.39 Å². The molecule has 3 aromatic carbocycles. The smallest absolute Gasteiger partial charge is 0.123 e. The van der Waals surface area contributed by atoms with Crippen LogP contribution in [0.15, 0.2) is 77.9 Å². The molecule has 126 valence electrons. The van der Waals surface area contributed by atoms with Gasteiger partial charge in [0.15, 0.2) is 0 Å². The van der Waals surface area contributed by atoms with Crippen LogP contribution < -0.4 is 10.2 Å². The fraction of sp³-hybridized carbons (Fsp3) is 0.0500. The van der Waals surface area contributed by atoms with Crippen LogP contribution in [0.2, 0.25) is 5.02 Å². The van der Waals surface area contributed by atoms with Crippen LogP contribution >= 0.6 is 11.6 Å². The zero-order valence-electron chi connectivity index (χ0n) is 13.3. The largest absolute Gasteiger partial charge is 0.489 e. The van der Waals surface area contributed by atoms with E-state index in [1.807, 2.05) is 48.5 Å². The first kappa shape index (κ1) is 17.0. The van der Waals surface area contributed by atoms with Crippen LogP contribution in [0.25, 0.3) is 0 Å². The number of halogens is 2. The maximum atomic E-state index is 12.8. The molecule has 3 aromatic rings. The van der Waals surface area contributed by atoms with E-state index in [1.165, 1.54) is 12.1 Å². The molecule has 0 aromatic heterocycles. The molecule has 0 bridgehead atoms. The van der Waals surface area contributed by atoms with Gasteiger partial charge in [-0.05, 0) is 60.2 Å². The molecule has 3 rings (SSSR count). The summed E-state index contributed by atoms with van der Waals surface area (Å²) in [4.78, 5) is 0. The molecule has 0 atom stereocenters. The summed E-state index contributed by atoms with van der Waals surface area (Å²) in [5.74, 6) is 0.477. The Bertz CT molecular complexity index is 848. The molecule has 0 saturated heterocycles. The summed E-state index contributed by atoms with van der Waals surface area (Å²) in [7, 11) is 0. The van der Waals surface area contributed by atoms with Crippen molar-refractivity contribution in [2.75, 3.05) is 5.43 Å². The van der Waals surface area contributed by atoms with Gasteiger partial charge in [-0.2, -0.15) is 5.10 Å². The Kier molecular flexibility index (Phi) is 5.65. The van der Waals surface area contributed by atoms with E-state index in [2.05, 4.69) is 10.5 Å². The van der Waals surface area contributed by atoms with Gasteiger partial charge in [0.2, 0.25) is 0 Å². The Morgan fingerprint density at radius 2 is 1.68 bits per heavy atom. The second-order valence-electron chi connectivity index (χ2n) is 5.33. The van der Waals surface area contributed by atoms with Gasteiger partial charge in [-0.25, -0.2) is 4.39 Å². The zero-order chi connectivity index (χ0) is 17.5. The van der Waals surface area contributed by atoms with Crippen LogP contribution in [-0.4, -0.2) is 6.21 Å². The summed E-state index contributed by atoms with van der Waals surface area (Å²) in [6, 6.07) is 21.1. The van der Waals surface area contributed by atoms with Gasteiger partial charge in [0, 0.05) is 10.6 Å². The summed E-state index contributed by atoms with van der Waals surface area (Å²) in [5.41, 5.74) is 5.42. The SMILES string of the molecule is Fc1ccc(NN=Cc2ccc(OCc3ccccc3Cl)cc2)cc1. The van der Waals surface area contributed by atoms with Crippen LogP contribution in [0.1, 0.15) is 11.1 Å². The number of hydrazone groups is 1. The molecule has 0 saturated carbocycles. The van der Waals surface area contributed by atoms with Crippen molar-refractivity contribution in [2.45, 2.75) is 6.61 Å².